The van der Waals surface area contributed by atoms with Crippen LogP contribution in [-0.4, -0.2) is 15.9 Å². The minimum Gasteiger partial charge on any atom is -0.462 e. The molecule has 3 aromatic rings. The van der Waals surface area contributed by atoms with Crippen LogP contribution in [-0.2, 0) is 11.3 Å². The first-order chi connectivity index (χ1) is 12.0. The van der Waals surface area contributed by atoms with E-state index >= 15 is 0 Å². The van der Waals surface area contributed by atoms with Crippen LogP contribution >= 0.6 is 11.3 Å². The number of nitro groups is 1. The highest BCUT2D eigenvalue weighted by molar-refractivity contribution is 7.13. The van der Waals surface area contributed by atoms with Crippen molar-refractivity contribution in [2.45, 2.75) is 6.61 Å². The van der Waals surface area contributed by atoms with Crippen LogP contribution in [0.5, 0.6) is 0 Å². The fourth-order valence-electron chi connectivity index (χ4n) is 2.03. The fraction of sp³-hybridized carbons (Fsp3) is 0.0667. The summed E-state index contributed by atoms with van der Waals surface area (Å²) < 4.78 is 23.7. The Morgan fingerprint density at radius 1 is 1.48 bits per heavy atom. The van der Waals surface area contributed by atoms with Crippen LogP contribution < -0.4 is 5.73 Å². The van der Waals surface area contributed by atoms with E-state index in [2.05, 4.69) is 4.98 Å². The molecule has 0 aliphatic rings. The average molecular weight is 363 g/mol. The minimum atomic E-state index is -0.979. The van der Waals surface area contributed by atoms with E-state index in [0.29, 0.717) is 22.5 Å². The van der Waals surface area contributed by atoms with Crippen molar-refractivity contribution in [2.24, 2.45) is 0 Å². The molecule has 8 nitrogen and oxygen atoms in total. The second-order valence-corrected chi connectivity index (χ2v) is 5.70. The van der Waals surface area contributed by atoms with Gasteiger partial charge in [-0.3, -0.25) is 10.1 Å². The predicted molar refractivity (Wildman–Crippen MR) is 86.4 cm³/mol. The van der Waals surface area contributed by atoms with Crippen LogP contribution in [0.4, 0.5) is 15.8 Å². The number of nitrogens with zero attached hydrogens (tertiary/aromatic N) is 2. The van der Waals surface area contributed by atoms with E-state index in [1.165, 1.54) is 17.6 Å². The first kappa shape index (κ1) is 16.6. The van der Waals surface area contributed by atoms with Crippen molar-refractivity contribution >= 4 is 28.7 Å². The molecule has 128 valence electrons. The van der Waals surface area contributed by atoms with E-state index in [9.17, 15) is 19.3 Å². The summed E-state index contributed by atoms with van der Waals surface area (Å²) in [5.41, 5.74) is 4.45. The molecule has 0 aliphatic carbocycles. The van der Waals surface area contributed by atoms with Gasteiger partial charge >= 0.3 is 5.97 Å². The molecule has 0 amide bonds. The highest BCUT2D eigenvalue weighted by Gasteiger charge is 2.23. The number of carbonyl (C=O) groups is 1. The minimum absolute atomic E-state index is 0.195. The van der Waals surface area contributed by atoms with Gasteiger partial charge in [0.2, 0.25) is 0 Å². The quantitative estimate of drug-likeness (QED) is 0.319. The van der Waals surface area contributed by atoms with Gasteiger partial charge in [-0.25, -0.2) is 14.2 Å². The van der Waals surface area contributed by atoms with Crippen LogP contribution in [0.1, 0.15) is 16.1 Å². The standard InChI is InChI=1S/C15H10FN3O5S/c16-8-4-10(13(17)11(5-8)19(21)22)15(20)24-6-9-7-25-14(18-9)12-2-1-3-23-12/h1-5,7H,6,17H2. The summed E-state index contributed by atoms with van der Waals surface area (Å²) >= 11 is 1.30. The zero-order valence-electron chi connectivity index (χ0n) is 12.5. The number of furan rings is 1. The lowest BCUT2D eigenvalue weighted by Gasteiger charge is -2.06. The van der Waals surface area contributed by atoms with Crippen LogP contribution in [0.2, 0.25) is 0 Å². The monoisotopic (exact) mass is 363 g/mol. The highest BCUT2D eigenvalue weighted by Crippen LogP contribution is 2.28. The van der Waals surface area contributed by atoms with Gasteiger partial charge in [0.25, 0.3) is 5.69 Å². The number of thiazole rings is 1. The molecule has 0 atom stereocenters. The van der Waals surface area contributed by atoms with Gasteiger partial charge in [0.15, 0.2) is 10.8 Å². The number of hydrogen-bond donors (Lipinski definition) is 1. The highest BCUT2D eigenvalue weighted by atomic mass is 32.1. The van der Waals surface area contributed by atoms with Gasteiger partial charge in [-0.05, 0) is 18.2 Å². The maximum Gasteiger partial charge on any atom is 0.340 e. The molecule has 2 aromatic heterocycles. The van der Waals surface area contributed by atoms with Crippen molar-refractivity contribution in [3.63, 3.8) is 0 Å². The maximum atomic E-state index is 13.5. The summed E-state index contributed by atoms with van der Waals surface area (Å²) in [5, 5.41) is 13.1. The van der Waals surface area contributed by atoms with Gasteiger partial charge < -0.3 is 14.9 Å². The first-order valence-electron chi connectivity index (χ1n) is 6.84. The number of benzene rings is 1. The molecule has 0 aliphatic heterocycles. The number of hydrogen-bond acceptors (Lipinski definition) is 8. The van der Waals surface area contributed by atoms with E-state index in [-0.39, 0.29) is 6.61 Å². The zero-order chi connectivity index (χ0) is 18.0. The van der Waals surface area contributed by atoms with Gasteiger partial charge in [-0.1, -0.05) is 0 Å². The van der Waals surface area contributed by atoms with Crippen LogP contribution in [0, 0.1) is 15.9 Å². The number of nitrogens with two attached hydrogens (primary N) is 1. The van der Waals surface area contributed by atoms with E-state index < -0.39 is 33.6 Å². The van der Waals surface area contributed by atoms with Gasteiger partial charge in [0, 0.05) is 5.38 Å². The average Bonchev–Trinajstić information content (AvgIpc) is 3.25. The molecule has 10 heteroatoms. The largest absolute Gasteiger partial charge is 0.462 e. The lowest BCUT2D eigenvalue weighted by molar-refractivity contribution is -0.384. The SMILES string of the molecule is Nc1c(C(=O)OCc2csc(-c3ccco3)n2)cc(F)cc1[N+](=O)[O-]. The number of carbonyl (C=O) groups excluding carboxylic acids is 1. The molecule has 1 aromatic carbocycles. The van der Waals surface area contributed by atoms with E-state index in [0.717, 1.165) is 6.07 Å². The summed E-state index contributed by atoms with van der Waals surface area (Å²) in [4.78, 5) is 26.3. The van der Waals surface area contributed by atoms with Crippen LogP contribution in [0.25, 0.3) is 10.8 Å². The Labute approximate surface area is 143 Å². The lowest BCUT2D eigenvalue weighted by Crippen LogP contribution is -2.11. The predicted octanol–water partition coefficient (Wildman–Crippen LogP) is 3.39. The second-order valence-electron chi connectivity index (χ2n) is 4.84. The fourth-order valence-corrected chi connectivity index (χ4v) is 2.80. The maximum absolute atomic E-state index is 13.5. The topological polar surface area (TPSA) is 121 Å². The summed E-state index contributed by atoms with van der Waals surface area (Å²) in [6, 6.07) is 4.89. The first-order valence-corrected chi connectivity index (χ1v) is 7.72. The number of halogens is 1. The molecule has 0 saturated carbocycles. The number of rotatable bonds is 5. The third-order valence-corrected chi connectivity index (χ3v) is 4.08. The molecule has 0 bridgehead atoms. The molecule has 25 heavy (non-hydrogen) atoms. The molecule has 0 radical (unpaired) electrons. The molecule has 0 spiro atoms. The molecule has 0 saturated heterocycles. The molecular weight excluding hydrogens is 353 g/mol. The summed E-state index contributed by atoms with van der Waals surface area (Å²) in [6.07, 6.45) is 1.51. The Morgan fingerprint density at radius 3 is 2.96 bits per heavy atom. The van der Waals surface area contributed by atoms with Gasteiger partial charge in [0.1, 0.15) is 18.1 Å². The third kappa shape index (κ3) is 3.48. The number of esters is 1. The van der Waals surface area contributed by atoms with Gasteiger partial charge in [-0.15, -0.1) is 11.3 Å². The summed E-state index contributed by atoms with van der Waals surface area (Å²) in [5.74, 6) is -1.36. The Balaban J connectivity index is 1.74. The van der Waals surface area contributed by atoms with Crippen molar-refractivity contribution in [3.8, 4) is 10.8 Å². The number of aromatic nitrogens is 1. The van der Waals surface area contributed by atoms with E-state index in [1.54, 1.807) is 17.5 Å². The lowest BCUT2D eigenvalue weighted by atomic mass is 10.1. The zero-order valence-corrected chi connectivity index (χ0v) is 13.3. The summed E-state index contributed by atoms with van der Waals surface area (Å²) in [7, 11) is 0. The van der Waals surface area contributed by atoms with E-state index in [1.807, 2.05) is 0 Å². The molecule has 2 heterocycles. The Hall–Kier alpha value is -3.27. The molecule has 0 unspecified atom stereocenters. The van der Waals surface area contributed by atoms with Crippen molar-refractivity contribution in [2.75, 3.05) is 5.73 Å². The van der Waals surface area contributed by atoms with Crippen LogP contribution in [0.3, 0.4) is 0 Å². The molecule has 3 rings (SSSR count). The Kier molecular flexibility index (Phi) is 4.44. The van der Waals surface area contributed by atoms with Gasteiger partial charge in [0.05, 0.1) is 28.5 Å². The van der Waals surface area contributed by atoms with Crippen molar-refractivity contribution in [3.05, 3.63) is 63.1 Å². The number of nitrogen functional groups attached to an aromatic ring is 1. The van der Waals surface area contributed by atoms with Crippen LogP contribution in [0.15, 0.2) is 40.3 Å². The van der Waals surface area contributed by atoms with Gasteiger partial charge in [-0.2, -0.15) is 0 Å². The van der Waals surface area contributed by atoms with Crippen molar-refractivity contribution in [1.82, 2.24) is 4.98 Å². The second kappa shape index (κ2) is 6.69. The van der Waals surface area contributed by atoms with E-state index in [4.69, 9.17) is 14.9 Å². The Morgan fingerprint density at radius 2 is 2.28 bits per heavy atom. The van der Waals surface area contributed by atoms with Crippen molar-refractivity contribution in [1.29, 1.82) is 0 Å². The molecule has 2 N–H and O–H groups in total. The third-order valence-electron chi connectivity index (χ3n) is 3.17. The number of anilines is 1. The molecular formula is C15H10FN3O5S. The van der Waals surface area contributed by atoms with Crippen molar-refractivity contribution < 1.29 is 23.3 Å². The smallest absolute Gasteiger partial charge is 0.340 e. The number of nitro benzene ring substituents is 1. The molecule has 0 fully saturated rings. The normalized spacial score (nSPS) is 10.6. The summed E-state index contributed by atoms with van der Waals surface area (Å²) in [6.45, 7) is -0.195. The number of ether oxygens (including phenoxy) is 1. The Bertz CT molecular complexity index is 939.